The highest BCUT2D eigenvalue weighted by atomic mass is 35.5. The van der Waals surface area contributed by atoms with Crippen LogP contribution in [0.15, 0.2) is 42.5 Å². The number of rotatable bonds is 8. The summed E-state index contributed by atoms with van der Waals surface area (Å²) in [7, 11) is 1.53. The van der Waals surface area contributed by atoms with Gasteiger partial charge in [0.1, 0.15) is 17.6 Å². The van der Waals surface area contributed by atoms with Gasteiger partial charge < -0.3 is 15.0 Å². The predicted molar refractivity (Wildman–Crippen MR) is 107 cm³/mol. The first-order valence-corrected chi connectivity index (χ1v) is 9.38. The highest BCUT2D eigenvalue weighted by molar-refractivity contribution is 6.31. The first kappa shape index (κ1) is 21.7. The number of amides is 2. The molecule has 2 aromatic rings. The monoisotopic (exact) mass is 406 g/mol. The lowest BCUT2D eigenvalue weighted by Crippen LogP contribution is -2.49. The van der Waals surface area contributed by atoms with E-state index in [-0.39, 0.29) is 30.8 Å². The standard InChI is InChI=1S/C21H24ClFN2O3/c1-4-19(21(27)24-3)25(12-15-5-7-16(23)8-6-15)20(26)13-28-17-9-10-18(22)14(2)11-17/h5-11,19H,4,12-13H2,1-3H3,(H,24,27)/t19-/m0/s1. The number of hydrogen-bond acceptors (Lipinski definition) is 3. The normalized spacial score (nSPS) is 11.6. The highest BCUT2D eigenvalue weighted by Gasteiger charge is 2.28. The van der Waals surface area contributed by atoms with E-state index in [1.807, 2.05) is 13.8 Å². The Morgan fingerprint density at radius 2 is 1.89 bits per heavy atom. The molecular formula is C21H24ClFN2O3. The van der Waals surface area contributed by atoms with Crippen molar-refractivity contribution in [3.8, 4) is 5.75 Å². The van der Waals surface area contributed by atoms with Crippen LogP contribution in [0.4, 0.5) is 4.39 Å². The lowest BCUT2D eigenvalue weighted by Gasteiger charge is -2.30. The molecule has 2 amide bonds. The van der Waals surface area contributed by atoms with Crippen LogP contribution >= 0.6 is 11.6 Å². The molecule has 5 nitrogen and oxygen atoms in total. The minimum atomic E-state index is -0.655. The van der Waals surface area contributed by atoms with Crippen molar-refractivity contribution in [3.63, 3.8) is 0 Å². The topological polar surface area (TPSA) is 58.6 Å². The maximum absolute atomic E-state index is 13.2. The Labute approximate surface area is 169 Å². The van der Waals surface area contributed by atoms with Gasteiger partial charge in [-0.1, -0.05) is 30.7 Å². The van der Waals surface area contributed by atoms with E-state index in [1.165, 1.54) is 24.1 Å². The minimum Gasteiger partial charge on any atom is -0.484 e. The number of halogens is 2. The molecule has 2 aromatic carbocycles. The molecule has 0 heterocycles. The van der Waals surface area contributed by atoms with Crippen molar-refractivity contribution in [3.05, 3.63) is 64.4 Å². The van der Waals surface area contributed by atoms with E-state index in [4.69, 9.17) is 16.3 Å². The lowest BCUT2D eigenvalue weighted by molar-refractivity contribution is -0.142. The molecule has 7 heteroatoms. The molecule has 0 aliphatic rings. The highest BCUT2D eigenvalue weighted by Crippen LogP contribution is 2.21. The van der Waals surface area contributed by atoms with Crippen LogP contribution in [0.5, 0.6) is 5.75 Å². The Kier molecular flexibility index (Phi) is 7.81. The average Bonchev–Trinajstić information content (AvgIpc) is 2.69. The summed E-state index contributed by atoms with van der Waals surface area (Å²) in [6.07, 6.45) is 0.437. The van der Waals surface area contributed by atoms with Gasteiger partial charge >= 0.3 is 0 Å². The molecule has 1 atom stereocenters. The molecule has 0 spiro atoms. The first-order valence-electron chi connectivity index (χ1n) is 9.00. The number of aryl methyl sites for hydroxylation is 1. The van der Waals surface area contributed by atoms with Crippen LogP contribution in [-0.2, 0) is 16.1 Å². The lowest BCUT2D eigenvalue weighted by atomic mass is 10.1. The molecule has 0 radical (unpaired) electrons. The maximum atomic E-state index is 13.2. The summed E-state index contributed by atoms with van der Waals surface area (Å²) in [5, 5.41) is 3.20. The number of hydrogen-bond donors (Lipinski definition) is 1. The fourth-order valence-corrected chi connectivity index (χ4v) is 2.93. The number of nitrogens with zero attached hydrogens (tertiary/aromatic N) is 1. The fourth-order valence-electron chi connectivity index (χ4n) is 2.81. The largest absolute Gasteiger partial charge is 0.484 e. The van der Waals surface area contributed by atoms with E-state index in [2.05, 4.69) is 5.32 Å². The third kappa shape index (κ3) is 5.70. The zero-order chi connectivity index (χ0) is 20.7. The summed E-state index contributed by atoms with van der Waals surface area (Å²) in [4.78, 5) is 26.6. The van der Waals surface area contributed by atoms with E-state index in [0.29, 0.717) is 17.2 Å². The van der Waals surface area contributed by atoms with Crippen LogP contribution in [0.2, 0.25) is 5.02 Å². The van der Waals surface area contributed by atoms with E-state index in [0.717, 1.165) is 11.1 Å². The van der Waals surface area contributed by atoms with Crippen molar-refractivity contribution in [2.45, 2.75) is 32.9 Å². The summed E-state index contributed by atoms with van der Waals surface area (Å²) in [5.74, 6) is -0.445. The Bertz CT molecular complexity index is 827. The van der Waals surface area contributed by atoms with Gasteiger partial charge in [-0.15, -0.1) is 0 Å². The van der Waals surface area contributed by atoms with Crippen LogP contribution < -0.4 is 10.1 Å². The third-order valence-electron chi connectivity index (χ3n) is 4.39. The Balaban J connectivity index is 2.18. The summed E-state index contributed by atoms with van der Waals surface area (Å²) >= 11 is 6.00. The van der Waals surface area contributed by atoms with Gasteiger partial charge in [0, 0.05) is 18.6 Å². The molecule has 2 rings (SSSR count). The summed E-state index contributed by atoms with van der Waals surface area (Å²) in [6.45, 7) is 3.62. The van der Waals surface area contributed by atoms with Crippen molar-refractivity contribution in [2.24, 2.45) is 0 Å². The fraction of sp³-hybridized carbons (Fsp3) is 0.333. The van der Waals surface area contributed by atoms with E-state index in [1.54, 1.807) is 30.3 Å². The summed E-state index contributed by atoms with van der Waals surface area (Å²) in [6, 6.07) is 10.3. The quantitative estimate of drug-likeness (QED) is 0.726. The number of benzene rings is 2. The molecule has 0 unspecified atom stereocenters. The molecule has 0 bridgehead atoms. The van der Waals surface area contributed by atoms with Gasteiger partial charge in [-0.3, -0.25) is 9.59 Å². The van der Waals surface area contributed by atoms with Crippen molar-refractivity contribution >= 4 is 23.4 Å². The smallest absolute Gasteiger partial charge is 0.261 e. The average molecular weight is 407 g/mol. The molecule has 0 aromatic heterocycles. The minimum absolute atomic E-state index is 0.175. The van der Waals surface area contributed by atoms with Crippen LogP contribution in [0.1, 0.15) is 24.5 Å². The number of carbonyl (C=O) groups excluding carboxylic acids is 2. The molecule has 0 aliphatic heterocycles. The van der Waals surface area contributed by atoms with Crippen LogP contribution in [0.25, 0.3) is 0 Å². The SMILES string of the molecule is CC[C@@H](C(=O)NC)N(Cc1ccc(F)cc1)C(=O)COc1ccc(Cl)c(C)c1. The Hall–Kier alpha value is -2.60. The summed E-state index contributed by atoms with van der Waals surface area (Å²) < 4.78 is 18.8. The number of ether oxygens (including phenoxy) is 1. The van der Waals surface area contributed by atoms with Gasteiger partial charge in [-0.2, -0.15) is 0 Å². The molecule has 0 saturated heterocycles. The van der Waals surface area contributed by atoms with Gasteiger partial charge in [0.05, 0.1) is 0 Å². The zero-order valence-corrected chi connectivity index (χ0v) is 16.9. The van der Waals surface area contributed by atoms with Crippen molar-refractivity contribution < 1.29 is 18.7 Å². The van der Waals surface area contributed by atoms with Gasteiger partial charge in [-0.25, -0.2) is 4.39 Å². The molecule has 0 fully saturated rings. The number of carbonyl (C=O) groups is 2. The maximum Gasteiger partial charge on any atom is 0.261 e. The van der Waals surface area contributed by atoms with Crippen molar-refractivity contribution in [1.29, 1.82) is 0 Å². The molecule has 1 N–H and O–H groups in total. The van der Waals surface area contributed by atoms with Gasteiger partial charge in [0.2, 0.25) is 5.91 Å². The van der Waals surface area contributed by atoms with Crippen LogP contribution in [-0.4, -0.2) is 36.4 Å². The van der Waals surface area contributed by atoms with E-state index in [9.17, 15) is 14.0 Å². The van der Waals surface area contributed by atoms with Gasteiger partial charge in [-0.05, 0) is 54.8 Å². The molecular weight excluding hydrogens is 383 g/mol. The second-order valence-corrected chi connectivity index (χ2v) is 6.79. The second kappa shape index (κ2) is 10.1. The molecule has 150 valence electrons. The van der Waals surface area contributed by atoms with E-state index >= 15 is 0 Å². The van der Waals surface area contributed by atoms with Gasteiger partial charge in [0.15, 0.2) is 6.61 Å². The summed E-state index contributed by atoms with van der Waals surface area (Å²) in [5.41, 5.74) is 1.56. The molecule has 0 saturated carbocycles. The van der Waals surface area contributed by atoms with Crippen LogP contribution in [0.3, 0.4) is 0 Å². The van der Waals surface area contributed by atoms with Gasteiger partial charge in [0.25, 0.3) is 5.91 Å². The Morgan fingerprint density at radius 1 is 1.21 bits per heavy atom. The zero-order valence-electron chi connectivity index (χ0n) is 16.2. The van der Waals surface area contributed by atoms with Crippen LogP contribution in [0, 0.1) is 12.7 Å². The molecule has 0 aliphatic carbocycles. The number of likely N-dealkylation sites (N-methyl/N-ethyl adjacent to an activating group) is 1. The van der Waals surface area contributed by atoms with E-state index < -0.39 is 6.04 Å². The first-order chi connectivity index (χ1) is 13.3. The predicted octanol–water partition coefficient (Wildman–Crippen LogP) is 3.72. The third-order valence-corrected chi connectivity index (χ3v) is 4.81. The van der Waals surface area contributed by atoms with Crippen molar-refractivity contribution in [1.82, 2.24) is 10.2 Å². The van der Waals surface area contributed by atoms with Crippen molar-refractivity contribution in [2.75, 3.05) is 13.7 Å². The second-order valence-electron chi connectivity index (χ2n) is 6.39. The molecule has 28 heavy (non-hydrogen) atoms. The Morgan fingerprint density at radius 3 is 2.46 bits per heavy atom. The number of nitrogens with one attached hydrogen (secondary N) is 1.